The van der Waals surface area contributed by atoms with Crippen molar-refractivity contribution in [3.05, 3.63) is 24.3 Å². The van der Waals surface area contributed by atoms with E-state index in [1.807, 2.05) is 38.1 Å². The van der Waals surface area contributed by atoms with Crippen molar-refractivity contribution in [3.63, 3.8) is 0 Å². The van der Waals surface area contributed by atoms with Gasteiger partial charge in [0.2, 0.25) is 5.91 Å². The van der Waals surface area contributed by atoms with Gasteiger partial charge >= 0.3 is 6.03 Å². The van der Waals surface area contributed by atoms with Crippen molar-refractivity contribution in [1.29, 1.82) is 0 Å². The number of amides is 3. The molecule has 0 saturated carbocycles. The van der Waals surface area contributed by atoms with Gasteiger partial charge in [-0.15, -0.1) is 11.8 Å². The van der Waals surface area contributed by atoms with Crippen LogP contribution in [0.4, 0.5) is 4.79 Å². The molecule has 1 fully saturated rings. The first-order valence-electron chi connectivity index (χ1n) is 6.60. The van der Waals surface area contributed by atoms with Gasteiger partial charge in [0.05, 0.1) is 11.9 Å². The first-order valence-corrected chi connectivity index (χ1v) is 7.48. The van der Waals surface area contributed by atoms with Crippen LogP contribution in [0.3, 0.4) is 0 Å². The summed E-state index contributed by atoms with van der Waals surface area (Å²) in [5, 5.41) is 2.34. The van der Waals surface area contributed by atoms with Crippen LogP contribution in [-0.2, 0) is 4.79 Å². The number of nitrogens with zero attached hydrogens (tertiary/aromatic N) is 1. The third-order valence-corrected chi connectivity index (χ3v) is 4.02. The molecule has 1 N–H and O–H groups in total. The zero-order chi connectivity index (χ0) is 14.5. The lowest BCUT2D eigenvalue weighted by Gasteiger charge is -2.17. The van der Waals surface area contributed by atoms with Gasteiger partial charge in [0.15, 0.2) is 0 Å². The highest BCUT2D eigenvalue weighted by molar-refractivity contribution is 8.00. The number of urea groups is 1. The normalized spacial score (nSPS) is 15.9. The lowest BCUT2D eigenvalue weighted by atomic mass is 10.3. The Morgan fingerprint density at radius 1 is 1.45 bits per heavy atom. The Kier molecular flexibility index (Phi) is 4.89. The first kappa shape index (κ1) is 14.7. The Bertz CT molecular complexity index is 490. The number of carbonyl (C=O) groups excluding carboxylic acids is 2. The summed E-state index contributed by atoms with van der Waals surface area (Å²) in [5.74, 6) is 0.661. The number of hydrogen-bond acceptors (Lipinski definition) is 4. The predicted octanol–water partition coefficient (Wildman–Crippen LogP) is 2.12. The molecule has 6 heteroatoms. The van der Waals surface area contributed by atoms with E-state index in [4.69, 9.17) is 4.74 Å². The standard InChI is InChI=1S/C14H18N2O3S/c1-3-19-11-4-6-12(7-5-11)20-10(2)13(17)16-9-8-15-14(16)18/h4-7,10H,3,8-9H2,1-2H3,(H,15,18)/t10-/m0/s1. The van der Waals surface area contributed by atoms with Gasteiger partial charge in [0, 0.05) is 18.0 Å². The fraction of sp³-hybridized carbons (Fsp3) is 0.429. The number of thioether (sulfide) groups is 1. The van der Waals surface area contributed by atoms with Gasteiger partial charge < -0.3 is 10.1 Å². The van der Waals surface area contributed by atoms with E-state index < -0.39 is 0 Å². The highest BCUT2D eigenvalue weighted by Crippen LogP contribution is 2.26. The average Bonchev–Trinajstić information content (AvgIpc) is 2.86. The van der Waals surface area contributed by atoms with Gasteiger partial charge in [0.1, 0.15) is 5.75 Å². The van der Waals surface area contributed by atoms with Crippen molar-refractivity contribution < 1.29 is 14.3 Å². The molecule has 1 saturated heterocycles. The largest absolute Gasteiger partial charge is 0.494 e. The van der Waals surface area contributed by atoms with E-state index in [0.29, 0.717) is 19.7 Å². The molecule has 0 bridgehead atoms. The van der Waals surface area contributed by atoms with Crippen LogP contribution < -0.4 is 10.1 Å². The quantitative estimate of drug-likeness (QED) is 0.845. The molecule has 5 nitrogen and oxygen atoms in total. The molecular weight excluding hydrogens is 276 g/mol. The molecule has 1 aliphatic heterocycles. The van der Waals surface area contributed by atoms with Crippen molar-refractivity contribution in [2.24, 2.45) is 0 Å². The van der Waals surface area contributed by atoms with Crippen LogP contribution in [-0.4, -0.2) is 41.8 Å². The molecule has 3 amide bonds. The van der Waals surface area contributed by atoms with Crippen molar-refractivity contribution >= 4 is 23.7 Å². The molecule has 1 aromatic rings. The molecule has 0 radical (unpaired) electrons. The molecule has 2 rings (SSSR count). The van der Waals surface area contributed by atoms with Crippen LogP contribution in [0.2, 0.25) is 0 Å². The molecule has 0 aromatic heterocycles. The van der Waals surface area contributed by atoms with Crippen molar-refractivity contribution in [3.8, 4) is 5.75 Å². The minimum absolute atomic E-state index is 0.154. The highest BCUT2D eigenvalue weighted by Gasteiger charge is 2.29. The van der Waals surface area contributed by atoms with E-state index in [9.17, 15) is 9.59 Å². The molecule has 1 aliphatic rings. The second kappa shape index (κ2) is 6.65. The molecule has 1 atom stereocenters. The van der Waals surface area contributed by atoms with E-state index in [2.05, 4.69) is 5.32 Å². The number of nitrogens with one attached hydrogen (secondary N) is 1. The third kappa shape index (κ3) is 3.45. The Morgan fingerprint density at radius 2 is 2.15 bits per heavy atom. The van der Waals surface area contributed by atoms with Gasteiger partial charge in [-0.25, -0.2) is 4.79 Å². The Morgan fingerprint density at radius 3 is 2.70 bits per heavy atom. The minimum Gasteiger partial charge on any atom is -0.494 e. The van der Waals surface area contributed by atoms with Gasteiger partial charge in [0.25, 0.3) is 0 Å². The predicted molar refractivity (Wildman–Crippen MR) is 78.0 cm³/mol. The Balaban J connectivity index is 1.94. The maximum absolute atomic E-state index is 12.1. The van der Waals surface area contributed by atoms with Crippen LogP contribution in [0.5, 0.6) is 5.75 Å². The van der Waals surface area contributed by atoms with E-state index in [1.165, 1.54) is 16.7 Å². The summed E-state index contributed by atoms with van der Waals surface area (Å²) in [6.45, 7) is 5.36. The summed E-state index contributed by atoms with van der Waals surface area (Å²) >= 11 is 1.44. The highest BCUT2D eigenvalue weighted by atomic mass is 32.2. The third-order valence-electron chi connectivity index (χ3n) is 2.92. The van der Waals surface area contributed by atoms with Crippen LogP contribution in [0.15, 0.2) is 29.2 Å². The average molecular weight is 294 g/mol. The molecule has 20 heavy (non-hydrogen) atoms. The van der Waals surface area contributed by atoms with Crippen LogP contribution in [0.25, 0.3) is 0 Å². The molecule has 0 spiro atoms. The SMILES string of the molecule is CCOc1ccc(S[C@@H](C)C(=O)N2CCNC2=O)cc1. The van der Waals surface area contributed by atoms with Crippen molar-refractivity contribution in [1.82, 2.24) is 10.2 Å². The van der Waals surface area contributed by atoms with E-state index >= 15 is 0 Å². The Labute approximate surface area is 122 Å². The second-order valence-corrected chi connectivity index (χ2v) is 5.80. The second-order valence-electron chi connectivity index (χ2n) is 4.39. The lowest BCUT2D eigenvalue weighted by molar-refractivity contribution is -0.126. The monoisotopic (exact) mass is 294 g/mol. The minimum atomic E-state index is -0.297. The van der Waals surface area contributed by atoms with Gasteiger partial charge in [-0.3, -0.25) is 9.69 Å². The Hall–Kier alpha value is -1.69. The fourth-order valence-corrected chi connectivity index (χ4v) is 2.87. The van der Waals surface area contributed by atoms with Gasteiger partial charge in [-0.2, -0.15) is 0 Å². The summed E-state index contributed by atoms with van der Waals surface area (Å²) in [5.41, 5.74) is 0. The lowest BCUT2D eigenvalue weighted by Crippen LogP contribution is -2.38. The van der Waals surface area contributed by atoms with Crippen molar-refractivity contribution in [2.45, 2.75) is 24.0 Å². The van der Waals surface area contributed by atoms with E-state index in [-0.39, 0.29) is 17.2 Å². The van der Waals surface area contributed by atoms with Crippen LogP contribution in [0, 0.1) is 0 Å². The zero-order valence-electron chi connectivity index (χ0n) is 11.6. The maximum Gasteiger partial charge on any atom is 0.324 e. The number of rotatable bonds is 5. The van der Waals surface area contributed by atoms with Crippen molar-refractivity contribution in [2.75, 3.05) is 19.7 Å². The number of hydrogen-bond donors (Lipinski definition) is 1. The van der Waals surface area contributed by atoms with Crippen LogP contribution >= 0.6 is 11.8 Å². The summed E-state index contributed by atoms with van der Waals surface area (Å²) in [6.07, 6.45) is 0. The molecule has 0 unspecified atom stereocenters. The smallest absolute Gasteiger partial charge is 0.324 e. The number of ether oxygens (including phenoxy) is 1. The number of benzene rings is 1. The van der Waals surface area contributed by atoms with E-state index in [1.54, 1.807) is 0 Å². The fourth-order valence-electron chi connectivity index (χ4n) is 1.94. The molecule has 1 heterocycles. The summed E-state index contributed by atoms with van der Waals surface area (Å²) < 4.78 is 5.37. The maximum atomic E-state index is 12.1. The summed E-state index contributed by atoms with van der Waals surface area (Å²) in [7, 11) is 0. The summed E-state index contributed by atoms with van der Waals surface area (Å²) in [6, 6.07) is 7.30. The molecule has 108 valence electrons. The van der Waals surface area contributed by atoms with Gasteiger partial charge in [-0.05, 0) is 38.1 Å². The zero-order valence-corrected chi connectivity index (χ0v) is 12.4. The summed E-state index contributed by atoms with van der Waals surface area (Å²) in [4.78, 5) is 25.9. The van der Waals surface area contributed by atoms with E-state index in [0.717, 1.165) is 10.6 Å². The topological polar surface area (TPSA) is 58.6 Å². The first-order chi connectivity index (χ1) is 9.61. The molecule has 0 aliphatic carbocycles. The van der Waals surface area contributed by atoms with Gasteiger partial charge in [-0.1, -0.05) is 0 Å². The molecule has 1 aromatic carbocycles. The molecular formula is C14H18N2O3S. The van der Waals surface area contributed by atoms with Crippen LogP contribution in [0.1, 0.15) is 13.8 Å². The number of imide groups is 1. The number of carbonyl (C=O) groups is 2.